The van der Waals surface area contributed by atoms with Crippen molar-refractivity contribution in [3.05, 3.63) is 35.8 Å². The number of ether oxygens (including phenoxy) is 3. The van der Waals surface area contributed by atoms with E-state index in [1.165, 1.54) is 17.2 Å². The Morgan fingerprint density at radius 1 is 1.29 bits per heavy atom. The van der Waals surface area contributed by atoms with E-state index in [9.17, 15) is 18.0 Å². The highest BCUT2D eigenvalue weighted by atomic mass is 32.1. The molecule has 2 aliphatic rings. The maximum atomic E-state index is 13.3. The molecule has 28 heavy (non-hydrogen) atoms. The topological polar surface area (TPSA) is 60.9 Å². The van der Waals surface area contributed by atoms with Crippen LogP contribution in [-0.4, -0.2) is 43.4 Å². The normalized spacial score (nSPS) is 19.8. The van der Waals surface area contributed by atoms with Crippen LogP contribution in [0.4, 0.5) is 18.3 Å². The molecular formula is C18H17F3N2O4S. The molecule has 2 aliphatic heterocycles. The predicted octanol–water partition coefficient (Wildman–Crippen LogP) is 3.72. The smallest absolute Gasteiger partial charge is 0.418 e. The van der Waals surface area contributed by atoms with Crippen molar-refractivity contribution in [3.8, 4) is 0 Å². The number of amides is 1. The van der Waals surface area contributed by atoms with Crippen molar-refractivity contribution in [1.82, 2.24) is 4.98 Å². The van der Waals surface area contributed by atoms with E-state index in [4.69, 9.17) is 14.2 Å². The third-order valence-corrected chi connectivity index (χ3v) is 5.50. The lowest BCUT2D eigenvalue weighted by Gasteiger charge is -2.25. The molecule has 1 saturated heterocycles. The monoisotopic (exact) mass is 414 g/mol. The van der Waals surface area contributed by atoms with Crippen molar-refractivity contribution in [1.29, 1.82) is 0 Å². The largest absolute Gasteiger partial charge is 0.494 e. The van der Waals surface area contributed by atoms with Crippen molar-refractivity contribution in [2.45, 2.75) is 25.1 Å². The number of nitrogens with zero attached hydrogens (tertiary/aromatic N) is 2. The van der Waals surface area contributed by atoms with Crippen molar-refractivity contribution < 1.29 is 32.2 Å². The standard InChI is InChI=1S/C18H17F3N2O4S/c19-18(20,21)12-4-1-5-14-15(12)22-17(28-14)23(9-11-3-2-6-26-11)16(24)13-10-25-7-8-27-13/h1,4-5,10-11H,2-3,6-9H2/t11-/m0/s1. The number of para-hydroxylation sites is 1. The third-order valence-electron chi connectivity index (χ3n) is 4.46. The number of alkyl halides is 3. The highest BCUT2D eigenvalue weighted by Crippen LogP contribution is 2.39. The van der Waals surface area contributed by atoms with Crippen LogP contribution in [0, 0.1) is 0 Å². The molecule has 6 nitrogen and oxygen atoms in total. The SMILES string of the molecule is O=C(C1=COCCO1)N(C[C@@H]1CCCO1)c1nc2c(C(F)(F)F)cccc2s1. The van der Waals surface area contributed by atoms with Gasteiger partial charge in [-0.1, -0.05) is 17.4 Å². The Balaban J connectivity index is 1.73. The Kier molecular flexibility index (Phi) is 5.15. The van der Waals surface area contributed by atoms with Crippen LogP contribution < -0.4 is 4.90 Å². The molecule has 2 aromatic rings. The summed E-state index contributed by atoms with van der Waals surface area (Å²) in [6, 6.07) is 3.87. The summed E-state index contributed by atoms with van der Waals surface area (Å²) in [5.74, 6) is -0.512. The predicted molar refractivity (Wildman–Crippen MR) is 95.9 cm³/mol. The van der Waals surface area contributed by atoms with Gasteiger partial charge in [-0.15, -0.1) is 0 Å². The van der Waals surface area contributed by atoms with Gasteiger partial charge in [0.1, 0.15) is 19.5 Å². The molecule has 0 aliphatic carbocycles. The average molecular weight is 414 g/mol. The molecule has 3 heterocycles. The molecule has 10 heteroatoms. The minimum atomic E-state index is -4.53. The molecule has 1 fully saturated rings. The minimum Gasteiger partial charge on any atom is -0.494 e. The molecule has 0 spiro atoms. The third kappa shape index (κ3) is 3.79. The van der Waals surface area contributed by atoms with Crippen molar-refractivity contribution in [2.75, 3.05) is 31.3 Å². The molecule has 0 radical (unpaired) electrons. The van der Waals surface area contributed by atoms with Gasteiger partial charge in [-0.25, -0.2) is 4.98 Å². The Hall–Kier alpha value is -2.33. The van der Waals surface area contributed by atoms with Gasteiger partial charge in [0, 0.05) is 6.61 Å². The van der Waals surface area contributed by atoms with Crippen LogP contribution in [-0.2, 0) is 25.2 Å². The summed E-state index contributed by atoms with van der Waals surface area (Å²) < 4.78 is 56.4. The molecule has 4 rings (SSSR count). The first-order chi connectivity index (χ1) is 13.4. The van der Waals surface area contributed by atoms with E-state index in [1.54, 1.807) is 6.07 Å². The summed E-state index contributed by atoms with van der Waals surface area (Å²) in [5.41, 5.74) is -0.997. The van der Waals surface area contributed by atoms with E-state index >= 15 is 0 Å². The number of aromatic nitrogens is 1. The molecule has 1 aromatic heterocycles. The summed E-state index contributed by atoms with van der Waals surface area (Å²) in [7, 11) is 0. The van der Waals surface area contributed by atoms with Crippen LogP contribution in [0.15, 0.2) is 30.2 Å². The lowest BCUT2D eigenvalue weighted by atomic mass is 10.2. The number of halogens is 3. The first-order valence-corrected chi connectivity index (χ1v) is 9.60. The highest BCUT2D eigenvalue weighted by Gasteiger charge is 2.35. The number of rotatable bonds is 4. The number of anilines is 1. The Bertz CT molecular complexity index is 906. The van der Waals surface area contributed by atoms with Crippen LogP contribution >= 0.6 is 11.3 Å². The van der Waals surface area contributed by atoms with Gasteiger partial charge >= 0.3 is 6.18 Å². The first-order valence-electron chi connectivity index (χ1n) is 8.78. The van der Waals surface area contributed by atoms with Gasteiger partial charge in [0.05, 0.1) is 28.4 Å². The lowest BCUT2D eigenvalue weighted by Crippen LogP contribution is -2.39. The summed E-state index contributed by atoms with van der Waals surface area (Å²) >= 11 is 1.03. The van der Waals surface area contributed by atoms with E-state index in [0.717, 1.165) is 30.2 Å². The average Bonchev–Trinajstić information content (AvgIpc) is 3.34. The van der Waals surface area contributed by atoms with E-state index in [1.807, 2.05) is 0 Å². The highest BCUT2D eigenvalue weighted by molar-refractivity contribution is 7.22. The fourth-order valence-electron chi connectivity index (χ4n) is 3.13. The van der Waals surface area contributed by atoms with Gasteiger partial charge in [-0.05, 0) is 25.0 Å². The van der Waals surface area contributed by atoms with Crippen LogP contribution in [0.2, 0.25) is 0 Å². The number of benzene rings is 1. The van der Waals surface area contributed by atoms with Crippen molar-refractivity contribution in [2.24, 2.45) is 0 Å². The molecule has 0 N–H and O–H groups in total. The quantitative estimate of drug-likeness (QED) is 0.763. The zero-order valence-electron chi connectivity index (χ0n) is 14.7. The molecule has 1 amide bonds. The summed E-state index contributed by atoms with van der Waals surface area (Å²) in [5, 5.41) is 0.169. The maximum absolute atomic E-state index is 13.3. The van der Waals surface area contributed by atoms with E-state index in [-0.39, 0.29) is 35.7 Å². The fraction of sp³-hybridized carbons (Fsp3) is 0.444. The van der Waals surface area contributed by atoms with Crippen LogP contribution in [0.3, 0.4) is 0 Å². The van der Waals surface area contributed by atoms with E-state index in [2.05, 4.69) is 4.98 Å². The lowest BCUT2D eigenvalue weighted by molar-refractivity contribution is -0.136. The van der Waals surface area contributed by atoms with Crippen LogP contribution in [0.1, 0.15) is 18.4 Å². The van der Waals surface area contributed by atoms with Gasteiger partial charge in [-0.3, -0.25) is 9.69 Å². The fourth-order valence-corrected chi connectivity index (χ4v) is 4.13. The number of hydrogen-bond donors (Lipinski definition) is 0. The second kappa shape index (κ2) is 7.59. The second-order valence-corrected chi connectivity index (χ2v) is 7.41. The first kappa shape index (κ1) is 19.0. The van der Waals surface area contributed by atoms with Gasteiger partial charge < -0.3 is 14.2 Å². The second-order valence-electron chi connectivity index (χ2n) is 6.40. The molecule has 150 valence electrons. The summed E-state index contributed by atoms with van der Waals surface area (Å²) in [4.78, 5) is 18.5. The van der Waals surface area contributed by atoms with Crippen molar-refractivity contribution in [3.63, 3.8) is 0 Å². The van der Waals surface area contributed by atoms with Gasteiger partial charge in [-0.2, -0.15) is 13.2 Å². The summed E-state index contributed by atoms with van der Waals surface area (Å²) in [6.07, 6.45) is -1.88. The maximum Gasteiger partial charge on any atom is 0.418 e. The molecule has 0 saturated carbocycles. The number of hydrogen-bond acceptors (Lipinski definition) is 6. The molecular weight excluding hydrogens is 397 g/mol. The van der Waals surface area contributed by atoms with Gasteiger partial charge in [0.25, 0.3) is 5.91 Å². The molecule has 1 atom stereocenters. The van der Waals surface area contributed by atoms with Gasteiger partial charge in [0.15, 0.2) is 5.13 Å². The van der Waals surface area contributed by atoms with Crippen LogP contribution in [0.25, 0.3) is 10.2 Å². The van der Waals surface area contributed by atoms with Crippen molar-refractivity contribution >= 4 is 32.6 Å². The van der Waals surface area contributed by atoms with Crippen LogP contribution in [0.5, 0.6) is 0 Å². The Labute approximate surface area is 162 Å². The number of thiazole rings is 1. The number of carbonyl (C=O) groups is 1. The Morgan fingerprint density at radius 2 is 2.14 bits per heavy atom. The molecule has 0 unspecified atom stereocenters. The zero-order valence-corrected chi connectivity index (χ0v) is 15.5. The minimum absolute atomic E-state index is 0.000419. The Morgan fingerprint density at radius 3 is 2.82 bits per heavy atom. The zero-order chi connectivity index (χ0) is 19.7. The number of carbonyl (C=O) groups excluding carboxylic acids is 1. The molecule has 0 bridgehead atoms. The molecule has 1 aromatic carbocycles. The van der Waals surface area contributed by atoms with Gasteiger partial charge in [0.2, 0.25) is 5.76 Å². The number of fused-ring (bicyclic) bond motifs is 1. The van der Waals surface area contributed by atoms with E-state index in [0.29, 0.717) is 17.9 Å². The summed E-state index contributed by atoms with van der Waals surface area (Å²) in [6.45, 7) is 1.33. The van der Waals surface area contributed by atoms with E-state index < -0.39 is 17.6 Å².